The first kappa shape index (κ1) is 17.9. The molecule has 0 radical (unpaired) electrons. The molecule has 128 valence electrons. The number of benzene rings is 1. The van der Waals surface area contributed by atoms with Gasteiger partial charge in [0.2, 0.25) is 15.9 Å². The van der Waals surface area contributed by atoms with Crippen molar-refractivity contribution in [2.45, 2.75) is 19.4 Å². The number of amides is 1. The number of aliphatic hydroxyl groups excluding tert-OH is 1. The molecule has 0 spiro atoms. The fraction of sp³-hybridized carbons (Fsp3) is 0.562. The summed E-state index contributed by atoms with van der Waals surface area (Å²) in [5.74, 6) is -0.181. The van der Waals surface area contributed by atoms with Crippen molar-refractivity contribution in [1.29, 1.82) is 0 Å². The molecule has 0 atom stereocenters. The Hall–Kier alpha value is -1.44. The van der Waals surface area contributed by atoms with Gasteiger partial charge in [-0.15, -0.1) is 0 Å². The normalized spacial score (nSPS) is 17.1. The van der Waals surface area contributed by atoms with Gasteiger partial charge in [0.25, 0.3) is 0 Å². The molecule has 1 aliphatic rings. The lowest BCUT2D eigenvalue weighted by Gasteiger charge is -2.33. The second-order valence-corrected chi connectivity index (χ2v) is 7.89. The van der Waals surface area contributed by atoms with Crippen LogP contribution in [0, 0.1) is 5.92 Å². The van der Waals surface area contributed by atoms with Gasteiger partial charge in [0, 0.05) is 32.1 Å². The summed E-state index contributed by atoms with van der Waals surface area (Å²) in [6.45, 7) is 1.44. The monoisotopic (exact) mass is 340 g/mol. The molecule has 1 aromatic carbocycles. The molecule has 1 aromatic rings. The number of sulfonamides is 1. The van der Waals surface area contributed by atoms with E-state index in [1.807, 2.05) is 30.3 Å². The van der Waals surface area contributed by atoms with E-state index in [1.54, 1.807) is 4.90 Å². The molecule has 0 bridgehead atoms. The number of carbonyl (C=O) groups is 1. The predicted molar refractivity (Wildman–Crippen MR) is 88.1 cm³/mol. The van der Waals surface area contributed by atoms with Gasteiger partial charge in [-0.2, -0.15) is 0 Å². The van der Waals surface area contributed by atoms with E-state index in [9.17, 15) is 18.3 Å². The number of hydrogen-bond donors (Lipinski definition) is 1. The fourth-order valence-corrected chi connectivity index (χ4v) is 3.76. The van der Waals surface area contributed by atoms with Crippen LogP contribution < -0.4 is 0 Å². The summed E-state index contributed by atoms with van der Waals surface area (Å²) in [7, 11) is -3.19. The number of nitrogens with zero attached hydrogens (tertiary/aromatic N) is 2. The van der Waals surface area contributed by atoms with Crippen LogP contribution in [0.25, 0.3) is 0 Å². The summed E-state index contributed by atoms with van der Waals surface area (Å²) >= 11 is 0. The highest BCUT2D eigenvalue weighted by atomic mass is 32.2. The van der Waals surface area contributed by atoms with Crippen molar-refractivity contribution in [3.8, 4) is 0 Å². The third-order valence-corrected chi connectivity index (χ3v) is 5.47. The van der Waals surface area contributed by atoms with E-state index in [4.69, 9.17) is 0 Å². The molecule has 1 N–H and O–H groups in total. The lowest BCUT2D eigenvalue weighted by Crippen LogP contribution is -2.44. The Bertz CT molecular complexity index is 610. The lowest BCUT2D eigenvalue weighted by atomic mass is 9.96. The van der Waals surface area contributed by atoms with Crippen molar-refractivity contribution in [3.63, 3.8) is 0 Å². The lowest BCUT2D eigenvalue weighted by molar-refractivity contribution is -0.137. The molecule has 1 heterocycles. The zero-order valence-electron chi connectivity index (χ0n) is 13.4. The van der Waals surface area contributed by atoms with Crippen molar-refractivity contribution < 1.29 is 18.3 Å². The minimum Gasteiger partial charge on any atom is -0.395 e. The Morgan fingerprint density at radius 3 is 2.39 bits per heavy atom. The molecule has 7 heteroatoms. The molecule has 0 saturated carbocycles. The number of aliphatic hydroxyl groups is 1. The average Bonchev–Trinajstić information content (AvgIpc) is 2.54. The van der Waals surface area contributed by atoms with Gasteiger partial charge in [-0.3, -0.25) is 4.79 Å². The smallest absolute Gasteiger partial charge is 0.226 e. The summed E-state index contributed by atoms with van der Waals surface area (Å²) in [4.78, 5) is 14.4. The summed E-state index contributed by atoms with van der Waals surface area (Å²) in [5.41, 5.74) is 1.02. The molecule has 1 aliphatic heterocycles. The summed E-state index contributed by atoms with van der Waals surface area (Å²) in [5, 5.41) is 9.23. The molecule has 1 amide bonds. The van der Waals surface area contributed by atoms with Gasteiger partial charge in [0.05, 0.1) is 12.9 Å². The van der Waals surface area contributed by atoms with Crippen LogP contribution in [-0.2, 0) is 21.4 Å². The Morgan fingerprint density at radius 2 is 1.87 bits per heavy atom. The molecule has 1 fully saturated rings. The van der Waals surface area contributed by atoms with Crippen LogP contribution in [0.3, 0.4) is 0 Å². The molecule has 0 unspecified atom stereocenters. The highest BCUT2D eigenvalue weighted by molar-refractivity contribution is 7.88. The van der Waals surface area contributed by atoms with Crippen LogP contribution in [0.4, 0.5) is 0 Å². The first-order valence-corrected chi connectivity index (χ1v) is 9.65. The number of hydrogen-bond acceptors (Lipinski definition) is 4. The van der Waals surface area contributed by atoms with Gasteiger partial charge in [0.1, 0.15) is 0 Å². The molecule has 1 saturated heterocycles. The van der Waals surface area contributed by atoms with Crippen LogP contribution in [0.1, 0.15) is 18.4 Å². The summed E-state index contributed by atoms with van der Waals surface area (Å²) in [6, 6.07) is 9.65. The van der Waals surface area contributed by atoms with Crippen molar-refractivity contribution >= 4 is 15.9 Å². The molecule has 0 aliphatic carbocycles. The van der Waals surface area contributed by atoms with Crippen LogP contribution in [0.5, 0.6) is 0 Å². The second-order valence-electron chi connectivity index (χ2n) is 5.91. The first-order chi connectivity index (χ1) is 10.9. The van der Waals surface area contributed by atoms with Gasteiger partial charge >= 0.3 is 0 Å². The maximum atomic E-state index is 12.7. The van der Waals surface area contributed by atoms with Gasteiger partial charge < -0.3 is 10.0 Å². The summed E-state index contributed by atoms with van der Waals surface area (Å²) < 4.78 is 24.5. The van der Waals surface area contributed by atoms with E-state index >= 15 is 0 Å². The van der Waals surface area contributed by atoms with Gasteiger partial charge in [-0.05, 0) is 18.4 Å². The predicted octanol–water partition coefficient (Wildman–Crippen LogP) is 0.679. The quantitative estimate of drug-likeness (QED) is 0.826. The van der Waals surface area contributed by atoms with Crippen LogP contribution in [-0.4, -0.2) is 61.1 Å². The molecule has 6 nitrogen and oxygen atoms in total. The number of rotatable bonds is 6. The number of carbonyl (C=O) groups excluding carboxylic acids is 1. The van der Waals surface area contributed by atoms with Gasteiger partial charge in [0.15, 0.2) is 0 Å². The Balaban J connectivity index is 1.99. The molecule has 0 aromatic heterocycles. The Labute approximate surface area is 137 Å². The van der Waals surface area contributed by atoms with Crippen LogP contribution in [0.15, 0.2) is 30.3 Å². The molecule has 2 rings (SSSR count). The Kier molecular flexibility index (Phi) is 6.15. The fourth-order valence-electron chi connectivity index (χ4n) is 2.88. The summed E-state index contributed by atoms with van der Waals surface area (Å²) in [6.07, 6.45) is 2.26. The minimum atomic E-state index is -3.19. The standard InChI is InChI=1S/C16H24N2O4S/c1-23(21,22)18-9-7-15(8-10-18)16(20)17(11-12-19)13-14-5-3-2-4-6-14/h2-6,15,19H,7-13H2,1H3. The zero-order chi connectivity index (χ0) is 16.9. The Morgan fingerprint density at radius 1 is 1.26 bits per heavy atom. The van der Waals surface area contributed by atoms with Crippen molar-refractivity contribution in [3.05, 3.63) is 35.9 Å². The molecule has 23 heavy (non-hydrogen) atoms. The van der Waals surface area contributed by atoms with E-state index in [1.165, 1.54) is 10.6 Å². The molecular weight excluding hydrogens is 316 g/mol. The van der Waals surface area contributed by atoms with E-state index in [-0.39, 0.29) is 18.4 Å². The third-order valence-electron chi connectivity index (χ3n) is 4.17. The average molecular weight is 340 g/mol. The third kappa shape index (κ3) is 5.02. The first-order valence-electron chi connectivity index (χ1n) is 7.80. The topological polar surface area (TPSA) is 77.9 Å². The van der Waals surface area contributed by atoms with E-state index in [2.05, 4.69) is 0 Å². The highest BCUT2D eigenvalue weighted by Crippen LogP contribution is 2.22. The van der Waals surface area contributed by atoms with E-state index in [0.717, 1.165) is 5.56 Å². The highest BCUT2D eigenvalue weighted by Gasteiger charge is 2.31. The van der Waals surface area contributed by atoms with Crippen molar-refractivity contribution in [2.75, 3.05) is 32.5 Å². The SMILES string of the molecule is CS(=O)(=O)N1CCC(C(=O)N(CCO)Cc2ccccc2)CC1. The van der Waals surface area contributed by atoms with Gasteiger partial charge in [-0.25, -0.2) is 12.7 Å². The zero-order valence-corrected chi connectivity index (χ0v) is 14.2. The molecular formula is C16H24N2O4S. The maximum absolute atomic E-state index is 12.7. The van der Waals surface area contributed by atoms with Crippen LogP contribution >= 0.6 is 0 Å². The van der Waals surface area contributed by atoms with E-state index in [0.29, 0.717) is 39.0 Å². The van der Waals surface area contributed by atoms with Crippen LogP contribution in [0.2, 0.25) is 0 Å². The van der Waals surface area contributed by atoms with Crippen molar-refractivity contribution in [1.82, 2.24) is 9.21 Å². The minimum absolute atomic E-state index is 0.00365. The maximum Gasteiger partial charge on any atom is 0.226 e. The van der Waals surface area contributed by atoms with Crippen molar-refractivity contribution in [2.24, 2.45) is 5.92 Å². The second kappa shape index (κ2) is 7.90. The number of piperidine rings is 1. The van der Waals surface area contributed by atoms with E-state index < -0.39 is 10.0 Å². The van der Waals surface area contributed by atoms with Gasteiger partial charge in [-0.1, -0.05) is 30.3 Å². The largest absolute Gasteiger partial charge is 0.395 e.